The lowest BCUT2D eigenvalue weighted by Gasteiger charge is -2.13. The number of nitrogens with one attached hydrogen (secondary N) is 1. The summed E-state index contributed by atoms with van der Waals surface area (Å²) in [5, 5.41) is 0. The van der Waals surface area contributed by atoms with Crippen molar-refractivity contribution >= 4 is 10.0 Å². The van der Waals surface area contributed by atoms with Gasteiger partial charge in [0.1, 0.15) is 0 Å². The number of nitrogens with two attached hydrogens (primary N) is 1. The van der Waals surface area contributed by atoms with Crippen molar-refractivity contribution in [2.24, 2.45) is 5.73 Å². The molecule has 0 aromatic heterocycles. The van der Waals surface area contributed by atoms with Gasteiger partial charge in [-0.15, -0.1) is 0 Å². The average molecular weight is 290 g/mol. The van der Waals surface area contributed by atoms with Crippen molar-refractivity contribution in [3.05, 3.63) is 65.7 Å². The van der Waals surface area contributed by atoms with E-state index >= 15 is 0 Å². The SMILES string of the molecule is Cc1ccc(S(=O)(=O)NC[C@H](N)c2ccccc2)cc1. The van der Waals surface area contributed by atoms with E-state index < -0.39 is 10.0 Å². The van der Waals surface area contributed by atoms with Crippen molar-refractivity contribution in [1.29, 1.82) is 0 Å². The van der Waals surface area contributed by atoms with Gasteiger partial charge in [-0.25, -0.2) is 13.1 Å². The zero-order chi connectivity index (χ0) is 14.6. The van der Waals surface area contributed by atoms with E-state index in [9.17, 15) is 8.42 Å². The molecule has 2 aromatic carbocycles. The number of aryl methyl sites for hydroxylation is 1. The quantitative estimate of drug-likeness (QED) is 0.884. The molecule has 0 aliphatic rings. The molecule has 0 aliphatic carbocycles. The second-order valence-electron chi connectivity index (χ2n) is 4.68. The van der Waals surface area contributed by atoms with E-state index in [-0.39, 0.29) is 17.5 Å². The molecule has 0 saturated carbocycles. The van der Waals surface area contributed by atoms with Crippen LogP contribution in [0.1, 0.15) is 17.2 Å². The lowest BCUT2D eigenvalue weighted by Crippen LogP contribution is -2.31. The molecule has 2 rings (SSSR count). The molecule has 106 valence electrons. The van der Waals surface area contributed by atoms with E-state index in [0.29, 0.717) is 0 Å². The normalized spacial score (nSPS) is 13.1. The molecule has 0 unspecified atom stereocenters. The Morgan fingerprint density at radius 2 is 1.65 bits per heavy atom. The summed E-state index contributed by atoms with van der Waals surface area (Å²) in [4.78, 5) is 0.253. The van der Waals surface area contributed by atoms with Crippen LogP contribution < -0.4 is 10.5 Å². The number of hydrogen-bond donors (Lipinski definition) is 2. The summed E-state index contributed by atoms with van der Waals surface area (Å²) in [5.74, 6) is 0. The summed E-state index contributed by atoms with van der Waals surface area (Å²) in [6.07, 6.45) is 0. The minimum absolute atomic E-state index is 0.167. The third-order valence-electron chi connectivity index (χ3n) is 3.05. The molecule has 0 amide bonds. The molecule has 0 bridgehead atoms. The van der Waals surface area contributed by atoms with Crippen LogP contribution in [0.2, 0.25) is 0 Å². The fraction of sp³-hybridized carbons (Fsp3) is 0.200. The maximum Gasteiger partial charge on any atom is 0.240 e. The molecule has 0 fully saturated rings. The van der Waals surface area contributed by atoms with Crippen molar-refractivity contribution < 1.29 is 8.42 Å². The second-order valence-corrected chi connectivity index (χ2v) is 6.45. The highest BCUT2D eigenvalue weighted by molar-refractivity contribution is 7.89. The minimum atomic E-state index is -3.51. The van der Waals surface area contributed by atoms with Crippen molar-refractivity contribution in [3.8, 4) is 0 Å². The standard InChI is InChI=1S/C15H18N2O2S/c1-12-7-9-14(10-8-12)20(18,19)17-11-15(16)13-5-3-2-4-6-13/h2-10,15,17H,11,16H2,1H3/t15-/m0/s1. The van der Waals surface area contributed by atoms with Gasteiger partial charge in [-0.3, -0.25) is 0 Å². The molecular formula is C15H18N2O2S. The van der Waals surface area contributed by atoms with Gasteiger partial charge in [-0.1, -0.05) is 48.0 Å². The molecule has 0 aliphatic heterocycles. The maximum absolute atomic E-state index is 12.1. The van der Waals surface area contributed by atoms with E-state index in [2.05, 4.69) is 4.72 Å². The zero-order valence-electron chi connectivity index (χ0n) is 11.3. The monoisotopic (exact) mass is 290 g/mol. The lowest BCUT2D eigenvalue weighted by atomic mass is 10.1. The maximum atomic E-state index is 12.1. The van der Waals surface area contributed by atoms with Gasteiger partial charge in [-0.05, 0) is 24.6 Å². The molecule has 4 nitrogen and oxygen atoms in total. The molecule has 0 saturated heterocycles. The highest BCUT2D eigenvalue weighted by Crippen LogP contribution is 2.12. The van der Waals surface area contributed by atoms with Gasteiger partial charge in [0, 0.05) is 12.6 Å². The fourth-order valence-corrected chi connectivity index (χ4v) is 2.88. The molecule has 20 heavy (non-hydrogen) atoms. The van der Waals surface area contributed by atoms with Crippen LogP contribution in [0, 0.1) is 6.92 Å². The average Bonchev–Trinajstić information content (AvgIpc) is 2.46. The fourth-order valence-electron chi connectivity index (χ4n) is 1.82. The van der Waals surface area contributed by atoms with E-state index in [1.807, 2.05) is 37.3 Å². The summed E-state index contributed by atoms with van der Waals surface area (Å²) in [6, 6.07) is 15.8. The number of benzene rings is 2. The van der Waals surface area contributed by atoms with Gasteiger partial charge in [0.15, 0.2) is 0 Å². The molecule has 0 spiro atoms. The Morgan fingerprint density at radius 1 is 1.05 bits per heavy atom. The second kappa shape index (κ2) is 6.17. The first-order valence-electron chi connectivity index (χ1n) is 6.36. The van der Waals surface area contributed by atoms with E-state index in [1.165, 1.54) is 0 Å². The van der Waals surface area contributed by atoms with Crippen LogP contribution in [0.25, 0.3) is 0 Å². The zero-order valence-corrected chi connectivity index (χ0v) is 12.1. The Kier molecular flexibility index (Phi) is 4.54. The molecule has 0 heterocycles. The molecule has 5 heteroatoms. The van der Waals surface area contributed by atoms with Gasteiger partial charge in [-0.2, -0.15) is 0 Å². The number of rotatable bonds is 5. The Hall–Kier alpha value is -1.69. The molecule has 3 N–H and O–H groups in total. The van der Waals surface area contributed by atoms with Crippen molar-refractivity contribution in [2.75, 3.05) is 6.54 Å². The molecule has 0 radical (unpaired) electrons. The van der Waals surface area contributed by atoms with E-state index in [1.54, 1.807) is 24.3 Å². The van der Waals surface area contributed by atoms with Gasteiger partial charge in [0.2, 0.25) is 10.0 Å². The Morgan fingerprint density at radius 3 is 2.25 bits per heavy atom. The van der Waals surface area contributed by atoms with Crippen LogP contribution in [-0.2, 0) is 10.0 Å². The van der Waals surface area contributed by atoms with Crippen LogP contribution >= 0.6 is 0 Å². The first-order valence-corrected chi connectivity index (χ1v) is 7.84. The predicted octanol–water partition coefficient (Wildman–Crippen LogP) is 1.97. The van der Waals surface area contributed by atoms with Gasteiger partial charge in [0.25, 0.3) is 0 Å². The minimum Gasteiger partial charge on any atom is -0.323 e. The Bertz CT molecular complexity index is 652. The van der Waals surface area contributed by atoms with Crippen molar-refractivity contribution in [3.63, 3.8) is 0 Å². The molecule has 1 atom stereocenters. The van der Waals surface area contributed by atoms with E-state index in [0.717, 1.165) is 11.1 Å². The third kappa shape index (κ3) is 3.66. The van der Waals surface area contributed by atoms with Crippen LogP contribution in [0.3, 0.4) is 0 Å². The lowest BCUT2D eigenvalue weighted by molar-refractivity contribution is 0.572. The third-order valence-corrected chi connectivity index (χ3v) is 4.49. The first kappa shape index (κ1) is 14.7. The van der Waals surface area contributed by atoms with Gasteiger partial charge >= 0.3 is 0 Å². The van der Waals surface area contributed by atoms with Crippen LogP contribution in [0.5, 0.6) is 0 Å². The van der Waals surface area contributed by atoms with Crippen LogP contribution in [0.4, 0.5) is 0 Å². The van der Waals surface area contributed by atoms with E-state index in [4.69, 9.17) is 5.73 Å². The Balaban J connectivity index is 2.04. The topological polar surface area (TPSA) is 72.2 Å². The summed E-state index contributed by atoms with van der Waals surface area (Å²) in [5.41, 5.74) is 7.90. The van der Waals surface area contributed by atoms with Gasteiger partial charge in [0.05, 0.1) is 4.90 Å². The molecular weight excluding hydrogens is 272 g/mol. The summed E-state index contributed by atoms with van der Waals surface area (Å²) in [6.45, 7) is 2.08. The van der Waals surface area contributed by atoms with Crippen molar-refractivity contribution in [1.82, 2.24) is 4.72 Å². The largest absolute Gasteiger partial charge is 0.323 e. The number of sulfonamides is 1. The molecule has 2 aromatic rings. The van der Waals surface area contributed by atoms with Crippen LogP contribution in [-0.4, -0.2) is 15.0 Å². The first-order chi connectivity index (χ1) is 9.49. The summed E-state index contributed by atoms with van der Waals surface area (Å²) >= 11 is 0. The highest BCUT2D eigenvalue weighted by atomic mass is 32.2. The number of hydrogen-bond acceptors (Lipinski definition) is 3. The predicted molar refractivity (Wildman–Crippen MR) is 79.7 cm³/mol. The summed E-state index contributed by atoms with van der Waals surface area (Å²) < 4.78 is 26.8. The van der Waals surface area contributed by atoms with Crippen molar-refractivity contribution in [2.45, 2.75) is 17.9 Å². The Labute approximate surface area is 119 Å². The summed E-state index contributed by atoms with van der Waals surface area (Å²) in [7, 11) is -3.51. The highest BCUT2D eigenvalue weighted by Gasteiger charge is 2.15. The van der Waals surface area contributed by atoms with Gasteiger partial charge < -0.3 is 5.73 Å². The smallest absolute Gasteiger partial charge is 0.240 e. The van der Waals surface area contributed by atoms with Crippen LogP contribution in [0.15, 0.2) is 59.5 Å².